The van der Waals surface area contributed by atoms with Crippen molar-refractivity contribution in [3.63, 3.8) is 0 Å². The number of carbonyl (C=O) groups is 1. The van der Waals surface area contributed by atoms with Crippen molar-refractivity contribution in [2.75, 3.05) is 38.2 Å². The number of aromatic nitrogens is 3. The highest BCUT2D eigenvalue weighted by molar-refractivity contribution is 6.36. The minimum Gasteiger partial charge on any atom is -0.462 e. The SMILES string of the molecule is C=CC(=O)N1CC[C@@H]2[C@H]1CN2c1nc(OC[C@@H]2CCCN2C)nc2nc(-c3cccc4cccc(Cl)c34)ccc12. The molecule has 2 aromatic carbocycles. The van der Waals surface area contributed by atoms with Gasteiger partial charge in [-0.05, 0) is 62.5 Å². The predicted octanol–water partition coefficient (Wildman–Crippen LogP) is 4.95. The highest BCUT2D eigenvalue weighted by Crippen LogP contribution is 2.40. The largest absolute Gasteiger partial charge is 0.462 e. The average Bonchev–Trinajstić information content (AvgIpc) is 3.52. The number of likely N-dealkylation sites (tertiary alicyclic amines) is 2. The molecule has 40 heavy (non-hydrogen) atoms. The highest BCUT2D eigenvalue weighted by atomic mass is 35.5. The fourth-order valence-corrected chi connectivity index (χ4v) is 6.82. The number of hydrogen-bond acceptors (Lipinski definition) is 7. The number of nitrogens with zero attached hydrogens (tertiary/aromatic N) is 6. The summed E-state index contributed by atoms with van der Waals surface area (Å²) in [5.41, 5.74) is 2.34. The maximum Gasteiger partial charge on any atom is 0.320 e. The van der Waals surface area contributed by atoms with E-state index >= 15 is 0 Å². The number of rotatable bonds is 6. The number of amides is 1. The van der Waals surface area contributed by atoms with E-state index in [9.17, 15) is 4.79 Å². The Morgan fingerprint density at radius 1 is 1.07 bits per heavy atom. The van der Waals surface area contributed by atoms with Gasteiger partial charge in [-0.2, -0.15) is 9.97 Å². The van der Waals surface area contributed by atoms with Crippen LogP contribution < -0.4 is 9.64 Å². The summed E-state index contributed by atoms with van der Waals surface area (Å²) >= 11 is 6.64. The van der Waals surface area contributed by atoms with Gasteiger partial charge in [0.25, 0.3) is 0 Å². The molecule has 3 aliphatic heterocycles. The molecule has 0 spiro atoms. The fraction of sp³-hybridized carbons (Fsp3) is 0.355. The van der Waals surface area contributed by atoms with Gasteiger partial charge < -0.3 is 19.4 Å². The Balaban J connectivity index is 1.29. The number of likely N-dealkylation sites (N-methyl/N-ethyl adjacent to an activating group) is 1. The first-order valence-corrected chi connectivity index (χ1v) is 14.3. The highest BCUT2D eigenvalue weighted by Gasteiger charge is 2.49. The molecule has 0 N–H and O–H groups in total. The molecule has 3 aliphatic rings. The van der Waals surface area contributed by atoms with Gasteiger partial charge in [0.2, 0.25) is 5.91 Å². The molecule has 5 heterocycles. The van der Waals surface area contributed by atoms with E-state index in [1.165, 1.54) is 12.5 Å². The van der Waals surface area contributed by atoms with Crippen molar-refractivity contribution in [3.8, 4) is 17.3 Å². The quantitative estimate of drug-likeness (QED) is 0.312. The van der Waals surface area contributed by atoms with Crippen molar-refractivity contribution in [1.82, 2.24) is 24.8 Å². The Morgan fingerprint density at radius 2 is 1.93 bits per heavy atom. The second-order valence-electron chi connectivity index (χ2n) is 10.9. The molecule has 0 unspecified atom stereocenters. The summed E-state index contributed by atoms with van der Waals surface area (Å²) in [6, 6.07) is 17.2. The van der Waals surface area contributed by atoms with E-state index < -0.39 is 0 Å². The molecule has 0 radical (unpaired) electrons. The van der Waals surface area contributed by atoms with E-state index in [-0.39, 0.29) is 18.0 Å². The van der Waals surface area contributed by atoms with Crippen molar-refractivity contribution in [3.05, 3.63) is 66.2 Å². The van der Waals surface area contributed by atoms with Gasteiger partial charge in [-0.15, -0.1) is 0 Å². The van der Waals surface area contributed by atoms with Crippen LogP contribution in [0.25, 0.3) is 33.1 Å². The number of pyridine rings is 1. The monoisotopic (exact) mass is 554 g/mol. The lowest BCUT2D eigenvalue weighted by molar-refractivity contribution is -0.127. The fourth-order valence-electron chi connectivity index (χ4n) is 6.53. The van der Waals surface area contributed by atoms with Crippen molar-refractivity contribution >= 4 is 45.1 Å². The van der Waals surface area contributed by atoms with Gasteiger partial charge in [0, 0.05) is 35.1 Å². The van der Waals surface area contributed by atoms with E-state index in [2.05, 4.69) is 35.6 Å². The van der Waals surface area contributed by atoms with Crippen LogP contribution in [0.15, 0.2) is 61.2 Å². The number of fused-ring (bicyclic) bond motifs is 3. The molecular formula is C31H31ClN6O2. The Kier molecular flexibility index (Phi) is 6.32. The minimum absolute atomic E-state index is 0.00976. The van der Waals surface area contributed by atoms with Crippen LogP contribution in [0.4, 0.5) is 5.82 Å². The molecule has 0 aliphatic carbocycles. The van der Waals surface area contributed by atoms with Crippen LogP contribution in [0.3, 0.4) is 0 Å². The van der Waals surface area contributed by atoms with Crippen molar-refractivity contribution in [1.29, 1.82) is 0 Å². The molecule has 2 aromatic heterocycles. The summed E-state index contributed by atoms with van der Waals surface area (Å²) in [6.45, 7) is 6.72. The standard InChI is InChI=1S/C31H31ClN6O2/c1-3-27(39)37-16-14-25-26(37)17-38(25)30-22-12-13-24(21-10-4-7-19-8-5-11-23(32)28(19)21)33-29(22)34-31(35-30)40-18-20-9-6-15-36(20)2/h3-5,7-8,10-13,20,25-26H,1,6,9,14-18H2,2H3/t20-,25+,26+/m0/s1. The maximum atomic E-state index is 12.4. The van der Waals surface area contributed by atoms with Crippen LogP contribution in [0.5, 0.6) is 6.01 Å². The zero-order valence-electron chi connectivity index (χ0n) is 22.5. The number of benzene rings is 2. The molecule has 204 valence electrons. The van der Waals surface area contributed by atoms with Gasteiger partial charge in [-0.25, -0.2) is 4.98 Å². The van der Waals surface area contributed by atoms with Crippen LogP contribution >= 0.6 is 11.6 Å². The lowest BCUT2D eigenvalue weighted by Gasteiger charge is -2.47. The molecule has 7 rings (SSSR count). The first-order chi connectivity index (χ1) is 19.5. The lowest BCUT2D eigenvalue weighted by Crippen LogP contribution is -2.63. The van der Waals surface area contributed by atoms with Gasteiger partial charge >= 0.3 is 6.01 Å². The molecule has 3 fully saturated rings. The van der Waals surface area contributed by atoms with Gasteiger partial charge in [-0.1, -0.05) is 48.5 Å². The van der Waals surface area contributed by atoms with Crippen molar-refractivity contribution in [2.24, 2.45) is 0 Å². The molecule has 3 saturated heterocycles. The lowest BCUT2D eigenvalue weighted by atomic mass is 9.96. The number of carbonyl (C=O) groups excluding carboxylic acids is 1. The molecular weight excluding hydrogens is 524 g/mol. The van der Waals surface area contributed by atoms with Gasteiger partial charge in [0.05, 0.1) is 23.2 Å². The second-order valence-corrected chi connectivity index (χ2v) is 11.3. The molecule has 0 bridgehead atoms. The van der Waals surface area contributed by atoms with E-state index in [1.54, 1.807) is 0 Å². The summed E-state index contributed by atoms with van der Waals surface area (Å²) in [5.74, 6) is 0.799. The third kappa shape index (κ3) is 4.17. The predicted molar refractivity (Wildman–Crippen MR) is 158 cm³/mol. The molecule has 0 saturated carbocycles. The van der Waals surface area contributed by atoms with E-state index in [0.29, 0.717) is 35.9 Å². The van der Waals surface area contributed by atoms with Crippen LogP contribution in [0.2, 0.25) is 5.02 Å². The summed E-state index contributed by atoms with van der Waals surface area (Å²) in [6.07, 6.45) is 4.56. The number of hydrogen-bond donors (Lipinski definition) is 0. The summed E-state index contributed by atoms with van der Waals surface area (Å²) in [5, 5.41) is 3.59. The number of ether oxygens (including phenoxy) is 1. The molecule has 9 heteroatoms. The van der Waals surface area contributed by atoms with E-state index in [0.717, 1.165) is 59.2 Å². The second kappa shape index (κ2) is 10.0. The van der Waals surface area contributed by atoms with E-state index in [1.807, 2.05) is 41.3 Å². The average molecular weight is 555 g/mol. The Labute approximate surface area is 238 Å². The Morgan fingerprint density at radius 3 is 2.73 bits per heavy atom. The molecule has 3 atom stereocenters. The number of halogens is 1. The van der Waals surface area contributed by atoms with Crippen LogP contribution in [-0.4, -0.2) is 82.1 Å². The molecule has 1 amide bonds. The smallest absolute Gasteiger partial charge is 0.320 e. The molecule has 8 nitrogen and oxygen atoms in total. The molecule has 4 aromatic rings. The van der Waals surface area contributed by atoms with Crippen molar-refractivity contribution in [2.45, 2.75) is 37.4 Å². The zero-order valence-corrected chi connectivity index (χ0v) is 23.2. The third-order valence-corrected chi connectivity index (χ3v) is 9.06. The van der Waals surface area contributed by atoms with Crippen molar-refractivity contribution < 1.29 is 9.53 Å². The van der Waals surface area contributed by atoms with Gasteiger partial charge in [-0.3, -0.25) is 4.79 Å². The Bertz CT molecular complexity index is 1640. The summed E-state index contributed by atoms with van der Waals surface area (Å²) < 4.78 is 6.22. The summed E-state index contributed by atoms with van der Waals surface area (Å²) in [4.78, 5) is 33.6. The van der Waals surface area contributed by atoms with Gasteiger partial charge in [0.15, 0.2) is 5.65 Å². The zero-order chi connectivity index (χ0) is 27.4. The van der Waals surface area contributed by atoms with Crippen LogP contribution in [0.1, 0.15) is 19.3 Å². The minimum atomic E-state index is -0.00976. The van der Waals surface area contributed by atoms with Gasteiger partial charge in [0.1, 0.15) is 12.4 Å². The van der Waals surface area contributed by atoms with Crippen LogP contribution in [-0.2, 0) is 4.79 Å². The summed E-state index contributed by atoms with van der Waals surface area (Å²) in [7, 11) is 2.13. The Hall–Kier alpha value is -3.75. The first kappa shape index (κ1) is 25.2. The number of anilines is 1. The normalized spacial score (nSPS) is 22.5. The topological polar surface area (TPSA) is 74.7 Å². The van der Waals surface area contributed by atoms with E-state index in [4.69, 9.17) is 31.3 Å². The maximum absolute atomic E-state index is 12.4. The third-order valence-electron chi connectivity index (χ3n) is 8.75. The first-order valence-electron chi connectivity index (χ1n) is 13.9. The van der Waals surface area contributed by atoms with Crippen LogP contribution in [0, 0.1) is 0 Å².